The molecule has 1 heterocycles. The lowest BCUT2D eigenvalue weighted by Gasteiger charge is -2.00. The minimum Gasteiger partial charge on any atom is -0.207 e. The predicted octanol–water partition coefficient (Wildman–Crippen LogP) is 3.42. The molecule has 5 heteroatoms. The van der Waals surface area contributed by atoms with Crippen molar-refractivity contribution >= 4 is 27.3 Å². The van der Waals surface area contributed by atoms with Gasteiger partial charge < -0.3 is 0 Å². The molecule has 2 rings (SSSR count). The first-order chi connectivity index (χ1) is 6.66. The van der Waals surface area contributed by atoms with E-state index in [1.807, 2.05) is 6.92 Å². The molecule has 0 fully saturated rings. The van der Waals surface area contributed by atoms with Gasteiger partial charge in [-0.15, -0.1) is 10.2 Å². The largest absolute Gasteiger partial charge is 0.207 e. The van der Waals surface area contributed by atoms with Crippen molar-refractivity contribution in [3.05, 3.63) is 33.5 Å². The van der Waals surface area contributed by atoms with E-state index in [-0.39, 0.29) is 5.82 Å². The number of hydrogen-bond acceptors (Lipinski definition) is 3. The average Bonchev–Trinajstić information content (AvgIpc) is 2.56. The molecule has 0 N–H and O–H groups in total. The van der Waals surface area contributed by atoms with Gasteiger partial charge in [0, 0.05) is 5.56 Å². The maximum absolute atomic E-state index is 13.0. The monoisotopic (exact) mass is 272 g/mol. The molecule has 1 aromatic heterocycles. The third kappa shape index (κ3) is 1.83. The lowest BCUT2D eigenvalue weighted by molar-refractivity contribution is 0.628. The van der Waals surface area contributed by atoms with Gasteiger partial charge in [-0.3, -0.25) is 0 Å². The highest BCUT2D eigenvalue weighted by atomic mass is 79.9. The Morgan fingerprint density at radius 3 is 2.79 bits per heavy atom. The second-order valence-corrected chi connectivity index (χ2v) is 5.07. The molecule has 0 spiro atoms. The summed E-state index contributed by atoms with van der Waals surface area (Å²) in [6, 6.07) is 4.65. The normalized spacial score (nSPS) is 10.5. The molecule has 0 bridgehead atoms. The van der Waals surface area contributed by atoms with E-state index in [9.17, 15) is 4.39 Å². The number of rotatable bonds is 1. The molecule has 0 unspecified atom stereocenters. The Bertz CT molecular complexity index is 470. The Balaban J connectivity index is 2.55. The lowest BCUT2D eigenvalue weighted by atomic mass is 10.1. The summed E-state index contributed by atoms with van der Waals surface area (Å²) < 4.78 is 13.7. The summed E-state index contributed by atoms with van der Waals surface area (Å²) in [4.78, 5) is 0. The van der Waals surface area contributed by atoms with Crippen LogP contribution in [-0.4, -0.2) is 10.2 Å². The average molecular weight is 273 g/mol. The Hall–Kier alpha value is -0.810. The highest BCUT2D eigenvalue weighted by molar-refractivity contribution is 9.11. The summed E-state index contributed by atoms with van der Waals surface area (Å²) in [5.74, 6) is -0.253. The zero-order valence-corrected chi connectivity index (χ0v) is 9.69. The first-order valence-corrected chi connectivity index (χ1v) is 5.53. The van der Waals surface area contributed by atoms with Crippen LogP contribution in [0.2, 0.25) is 0 Å². The number of halogens is 2. The van der Waals surface area contributed by atoms with Crippen LogP contribution in [0.15, 0.2) is 22.1 Å². The van der Waals surface area contributed by atoms with E-state index in [2.05, 4.69) is 26.1 Å². The molecule has 0 amide bonds. The van der Waals surface area contributed by atoms with E-state index >= 15 is 0 Å². The number of aromatic nitrogens is 2. The van der Waals surface area contributed by atoms with Gasteiger partial charge in [0.2, 0.25) is 0 Å². The van der Waals surface area contributed by atoms with Crippen LogP contribution in [0.25, 0.3) is 10.6 Å². The summed E-state index contributed by atoms with van der Waals surface area (Å²) >= 11 is 4.62. The summed E-state index contributed by atoms with van der Waals surface area (Å²) in [5.41, 5.74) is 1.79. The van der Waals surface area contributed by atoms with Crippen molar-refractivity contribution in [2.45, 2.75) is 6.92 Å². The van der Waals surface area contributed by atoms with Crippen molar-refractivity contribution in [1.29, 1.82) is 0 Å². The van der Waals surface area contributed by atoms with Crippen LogP contribution in [-0.2, 0) is 0 Å². The van der Waals surface area contributed by atoms with E-state index in [4.69, 9.17) is 0 Å². The predicted molar refractivity (Wildman–Crippen MR) is 57.7 cm³/mol. The zero-order valence-electron chi connectivity index (χ0n) is 7.29. The van der Waals surface area contributed by atoms with E-state index in [0.717, 1.165) is 16.1 Å². The fourth-order valence-corrected chi connectivity index (χ4v) is 2.33. The molecule has 14 heavy (non-hydrogen) atoms. The van der Waals surface area contributed by atoms with Crippen LogP contribution < -0.4 is 0 Å². The van der Waals surface area contributed by atoms with Gasteiger partial charge in [0.25, 0.3) is 0 Å². The van der Waals surface area contributed by atoms with Crippen molar-refractivity contribution in [2.75, 3.05) is 0 Å². The van der Waals surface area contributed by atoms with E-state index < -0.39 is 0 Å². The maximum Gasteiger partial charge on any atom is 0.183 e. The van der Waals surface area contributed by atoms with Gasteiger partial charge in [0.15, 0.2) is 3.92 Å². The molecule has 2 nitrogen and oxygen atoms in total. The summed E-state index contributed by atoms with van der Waals surface area (Å²) in [6.07, 6.45) is 0. The molecule has 0 atom stereocenters. The second kappa shape index (κ2) is 3.74. The first kappa shape index (κ1) is 9.73. The van der Waals surface area contributed by atoms with Gasteiger partial charge in [-0.25, -0.2) is 4.39 Å². The van der Waals surface area contributed by atoms with Gasteiger partial charge in [0.1, 0.15) is 10.8 Å². The highest BCUT2D eigenvalue weighted by Crippen LogP contribution is 2.29. The molecule has 0 radical (unpaired) electrons. The van der Waals surface area contributed by atoms with Crippen molar-refractivity contribution < 1.29 is 4.39 Å². The van der Waals surface area contributed by atoms with Gasteiger partial charge in [-0.1, -0.05) is 17.4 Å². The van der Waals surface area contributed by atoms with Gasteiger partial charge in [0.05, 0.1) is 0 Å². The van der Waals surface area contributed by atoms with Crippen LogP contribution in [0.3, 0.4) is 0 Å². The van der Waals surface area contributed by atoms with E-state index in [1.54, 1.807) is 6.07 Å². The highest BCUT2D eigenvalue weighted by Gasteiger charge is 2.08. The summed E-state index contributed by atoms with van der Waals surface area (Å²) in [5, 5.41) is 8.50. The Morgan fingerprint density at radius 1 is 1.36 bits per heavy atom. The number of benzene rings is 1. The Morgan fingerprint density at radius 2 is 2.14 bits per heavy atom. The van der Waals surface area contributed by atoms with Crippen LogP contribution >= 0.6 is 27.3 Å². The summed E-state index contributed by atoms with van der Waals surface area (Å²) in [7, 11) is 0. The third-order valence-electron chi connectivity index (χ3n) is 1.83. The van der Waals surface area contributed by atoms with Crippen LogP contribution in [0, 0.1) is 12.7 Å². The molecular weight excluding hydrogens is 267 g/mol. The zero-order chi connectivity index (χ0) is 10.1. The topological polar surface area (TPSA) is 25.8 Å². The lowest BCUT2D eigenvalue weighted by Crippen LogP contribution is -1.84. The minimum atomic E-state index is -0.253. The SMILES string of the molecule is Cc1ccc(F)cc1-c1nnc(Br)s1. The molecule has 0 aliphatic heterocycles. The van der Waals surface area contributed by atoms with Crippen LogP contribution in [0.4, 0.5) is 4.39 Å². The fourth-order valence-electron chi connectivity index (χ4n) is 1.14. The standard InChI is InChI=1S/C9H6BrFN2S/c1-5-2-3-6(11)4-7(5)8-12-13-9(10)14-8/h2-4H,1H3. The second-order valence-electron chi connectivity index (χ2n) is 2.82. The quantitative estimate of drug-likeness (QED) is 0.795. The van der Waals surface area contributed by atoms with Crippen LogP contribution in [0.5, 0.6) is 0 Å². The van der Waals surface area contributed by atoms with Crippen molar-refractivity contribution in [1.82, 2.24) is 10.2 Å². The number of hydrogen-bond donors (Lipinski definition) is 0. The third-order valence-corrected chi connectivity index (χ3v) is 3.22. The number of aryl methyl sites for hydroxylation is 1. The molecule has 0 saturated carbocycles. The molecule has 1 aromatic carbocycles. The van der Waals surface area contributed by atoms with E-state index in [1.165, 1.54) is 23.5 Å². The Labute approximate surface area is 92.9 Å². The molecule has 0 aliphatic carbocycles. The molecule has 2 aromatic rings. The first-order valence-electron chi connectivity index (χ1n) is 3.92. The maximum atomic E-state index is 13.0. The molecule has 72 valence electrons. The fraction of sp³-hybridized carbons (Fsp3) is 0.111. The van der Waals surface area contributed by atoms with Crippen molar-refractivity contribution in [3.8, 4) is 10.6 Å². The molecular formula is C9H6BrFN2S. The molecule has 0 saturated heterocycles. The van der Waals surface area contributed by atoms with E-state index in [0.29, 0.717) is 3.92 Å². The Kier molecular flexibility index (Phi) is 2.60. The smallest absolute Gasteiger partial charge is 0.183 e. The van der Waals surface area contributed by atoms with Crippen molar-refractivity contribution in [3.63, 3.8) is 0 Å². The summed E-state index contributed by atoms with van der Waals surface area (Å²) in [6.45, 7) is 1.92. The van der Waals surface area contributed by atoms with Gasteiger partial charge >= 0.3 is 0 Å². The van der Waals surface area contributed by atoms with Gasteiger partial charge in [-0.05, 0) is 40.5 Å². The van der Waals surface area contributed by atoms with Crippen molar-refractivity contribution in [2.24, 2.45) is 0 Å². The van der Waals surface area contributed by atoms with Gasteiger partial charge in [-0.2, -0.15) is 0 Å². The van der Waals surface area contributed by atoms with Crippen LogP contribution in [0.1, 0.15) is 5.56 Å². The number of nitrogens with zero attached hydrogens (tertiary/aromatic N) is 2. The molecule has 0 aliphatic rings. The minimum absolute atomic E-state index is 0.253.